The van der Waals surface area contributed by atoms with Crippen LogP contribution in [0, 0.1) is 11.6 Å². The number of aliphatic hydroxyl groups excluding tert-OH is 1. The Morgan fingerprint density at radius 2 is 2.00 bits per heavy atom. The van der Waals surface area contributed by atoms with Crippen LogP contribution in [-0.2, 0) is 16.1 Å². The second-order valence-electron chi connectivity index (χ2n) is 6.88. The van der Waals surface area contributed by atoms with Crippen LogP contribution in [0.25, 0.3) is 6.08 Å². The second-order valence-corrected chi connectivity index (χ2v) is 6.88. The van der Waals surface area contributed by atoms with Crippen LogP contribution in [0.3, 0.4) is 0 Å². The number of hydrogen-bond acceptors (Lipinski definition) is 4. The number of morpholine rings is 1. The number of carbonyl (C=O) groups excluding carboxylic acids is 1. The lowest BCUT2D eigenvalue weighted by Gasteiger charge is -2.27. The number of hydrogen-bond donors (Lipinski definition) is 2. The van der Waals surface area contributed by atoms with Gasteiger partial charge < -0.3 is 15.2 Å². The molecular weight excluding hydrogens is 378 g/mol. The highest BCUT2D eigenvalue weighted by Gasteiger charge is 2.15. The summed E-state index contributed by atoms with van der Waals surface area (Å²) in [5, 5.41) is 12.4. The third-order valence-corrected chi connectivity index (χ3v) is 4.74. The molecule has 1 fully saturated rings. The molecule has 0 unspecified atom stereocenters. The average Bonchev–Trinajstić information content (AvgIpc) is 2.72. The Bertz CT molecular complexity index is 867. The van der Waals surface area contributed by atoms with Gasteiger partial charge in [0, 0.05) is 37.3 Å². The first-order valence-electron chi connectivity index (χ1n) is 9.48. The molecule has 1 heterocycles. The molecule has 0 radical (unpaired) electrons. The smallest absolute Gasteiger partial charge is 0.244 e. The molecule has 0 bridgehead atoms. The molecule has 1 saturated heterocycles. The van der Waals surface area contributed by atoms with Gasteiger partial charge in [0.2, 0.25) is 5.91 Å². The summed E-state index contributed by atoms with van der Waals surface area (Å²) in [4.78, 5) is 14.5. The van der Waals surface area contributed by atoms with Crippen LogP contribution in [-0.4, -0.2) is 48.8 Å². The molecule has 154 valence electrons. The molecule has 1 aliphatic rings. The fourth-order valence-corrected chi connectivity index (χ4v) is 3.18. The van der Waals surface area contributed by atoms with Crippen LogP contribution in [0.2, 0.25) is 0 Å². The van der Waals surface area contributed by atoms with Crippen molar-refractivity contribution in [2.75, 3.05) is 32.9 Å². The quantitative estimate of drug-likeness (QED) is 0.699. The normalized spacial score (nSPS) is 16.1. The average molecular weight is 402 g/mol. The third-order valence-electron chi connectivity index (χ3n) is 4.74. The Labute approximate surface area is 168 Å². The molecule has 7 heteroatoms. The third kappa shape index (κ3) is 6.19. The molecule has 0 spiro atoms. The summed E-state index contributed by atoms with van der Waals surface area (Å²) in [6, 6.07) is 10.2. The summed E-state index contributed by atoms with van der Waals surface area (Å²) in [6.45, 7) is 3.68. The molecule has 0 aromatic heterocycles. The van der Waals surface area contributed by atoms with E-state index in [1.54, 1.807) is 0 Å². The minimum absolute atomic E-state index is 0.106. The minimum atomic E-state index is -0.747. The Morgan fingerprint density at radius 1 is 1.21 bits per heavy atom. The van der Waals surface area contributed by atoms with Gasteiger partial charge in [0.05, 0.1) is 25.9 Å². The lowest BCUT2D eigenvalue weighted by molar-refractivity contribution is -0.117. The molecule has 3 rings (SSSR count). The summed E-state index contributed by atoms with van der Waals surface area (Å²) in [7, 11) is 0. The van der Waals surface area contributed by atoms with E-state index < -0.39 is 23.6 Å². The Balaban J connectivity index is 1.63. The van der Waals surface area contributed by atoms with Crippen molar-refractivity contribution < 1.29 is 23.4 Å². The standard InChI is InChI=1S/C22H24F2N2O3/c23-19-6-4-17(20(24)13-19)5-7-22(28)25-21(15-27)18-3-1-2-16(12-18)14-26-8-10-29-11-9-26/h1-7,12-13,21,27H,8-11,14-15H2,(H,25,28)/b7-5+/t21-/m1/s1. The van der Waals surface area contributed by atoms with Gasteiger partial charge in [0.15, 0.2) is 0 Å². The molecular formula is C22H24F2N2O3. The van der Waals surface area contributed by atoms with Crippen LogP contribution >= 0.6 is 0 Å². The van der Waals surface area contributed by atoms with Crippen LogP contribution < -0.4 is 5.32 Å². The first kappa shape index (κ1) is 21.1. The van der Waals surface area contributed by atoms with Crippen molar-refractivity contribution in [1.29, 1.82) is 0 Å². The van der Waals surface area contributed by atoms with Crippen molar-refractivity contribution in [1.82, 2.24) is 10.2 Å². The molecule has 0 saturated carbocycles. The molecule has 0 aliphatic carbocycles. The van der Waals surface area contributed by atoms with Gasteiger partial charge in [0.25, 0.3) is 0 Å². The summed E-state index contributed by atoms with van der Waals surface area (Å²) in [5.41, 5.74) is 1.98. The van der Waals surface area contributed by atoms with Gasteiger partial charge in [0.1, 0.15) is 11.6 Å². The summed E-state index contributed by atoms with van der Waals surface area (Å²) in [6.07, 6.45) is 2.43. The monoisotopic (exact) mass is 402 g/mol. The zero-order chi connectivity index (χ0) is 20.6. The topological polar surface area (TPSA) is 61.8 Å². The maximum Gasteiger partial charge on any atom is 0.244 e. The molecule has 2 aromatic carbocycles. The first-order chi connectivity index (χ1) is 14.0. The number of ether oxygens (including phenoxy) is 1. The fourth-order valence-electron chi connectivity index (χ4n) is 3.18. The minimum Gasteiger partial charge on any atom is -0.394 e. The second kappa shape index (κ2) is 10.2. The first-order valence-corrected chi connectivity index (χ1v) is 9.48. The van der Waals surface area contributed by atoms with E-state index in [4.69, 9.17) is 4.74 Å². The van der Waals surface area contributed by atoms with Gasteiger partial charge >= 0.3 is 0 Å². The van der Waals surface area contributed by atoms with E-state index in [-0.39, 0.29) is 12.2 Å². The number of nitrogens with zero attached hydrogens (tertiary/aromatic N) is 1. The largest absolute Gasteiger partial charge is 0.394 e. The van der Waals surface area contributed by atoms with Crippen LogP contribution in [0.4, 0.5) is 8.78 Å². The zero-order valence-corrected chi connectivity index (χ0v) is 16.0. The number of aliphatic hydroxyl groups is 1. The SMILES string of the molecule is O=C(/C=C/c1ccc(F)cc1F)N[C@H](CO)c1cccc(CN2CCOCC2)c1. The van der Waals surface area contributed by atoms with Gasteiger partial charge in [-0.05, 0) is 29.3 Å². The predicted octanol–water partition coefficient (Wildman–Crippen LogP) is 2.66. The predicted molar refractivity (Wildman–Crippen MR) is 106 cm³/mol. The van der Waals surface area contributed by atoms with Gasteiger partial charge in [-0.15, -0.1) is 0 Å². The molecule has 1 aliphatic heterocycles. The molecule has 2 N–H and O–H groups in total. The van der Waals surface area contributed by atoms with Gasteiger partial charge in [-0.25, -0.2) is 8.78 Å². The Morgan fingerprint density at radius 3 is 2.72 bits per heavy atom. The zero-order valence-electron chi connectivity index (χ0n) is 16.0. The van der Waals surface area contributed by atoms with Crippen molar-refractivity contribution >= 4 is 12.0 Å². The molecule has 1 amide bonds. The number of nitrogens with one attached hydrogen (secondary N) is 1. The van der Waals surface area contributed by atoms with Crippen molar-refractivity contribution in [3.05, 3.63) is 76.9 Å². The maximum atomic E-state index is 13.7. The molecule has 5 nitrogen and oxygen atoms in total. The molecule has 2 aromatic rings. The van der Waals surface area contributed by atoms with Crippen LogP contribution in [0.5, 0.6) is 0 Å². The molecule has 29 heavy (non-hydrogen) atoms. The number of amides is 1. The van der Waals surface area contributed by atoms with Crippen molar-refractivity contribution in [2.45, 2.75) is 12.6 Å². The van der Waals surface area contributed by atoms with Crippen molar-refractivity contribution in [3.8, 4) is 0 Å². The Hall–Kier alpha value is -2.61. The fraction of sp³-hybridized carbons (Fsp3) is 0.318. The highest BCUT2D eigenvalue weighted by Crippen LogP contribution is 2.17. The lowest BCUT2D eigenvalue weighted by Crippen LogP contribution is -2.35. The van der Waals surface area contributed by atoms with E-state index in [9.17, 15) is 18.7 Å². The van der Waals surface area contributed by atoms with E-state index in [2.05, 4.69) is 10.2 Å². The summed E-state index contributed by atoms with van der Waals surface area (Å²) in [5.74, 6) is -1.91. The van der Waals surface area contributed by atoms with Gasteiger partial charge in [-0.2, -0.15) is 0 Å². The number of rotatable bonds is 7. The van der Waals surface area contributed by atoms with E-state index in [0.29, 0.717) is 0 Å². The number of carbonyl (C=O) groups is 1. The highest BCUT2D eigenvalue weighted by molar-refractivity contribution is 5.92. The van der Waals surface area contributed by atoms with Gasteiger partial charge in [-0.1, -0.05) is 24.3 Å². The van der Waals surface area contributed by atoms with Crippen molar-refractivity contribution in [2.24, 2.45) is 0 Å². The summed E-state index contributed by atoms with van der Waals surface area (Å²) >= 11 is 0. The summed E-state index contributed by atoms with van der Waals surface area (Å²) < 4.78 is 32.0. The maximum absolute atomic E-state index is 13.7. The number of benzene rings is 2. The molecule has 1 atom stereocenters. The van der Waals surface area contributed by atoms with E-state index in [1.165, 1.54) is 12.1 Å². The lowest BCUT2D eigenvalue weighted by atomic mass is 10.0. The van der Waals surface area contributed by atoms with Crippen LogP contribution in [0.1, 0.15) is 22.7 Å². The van der Waals surface area contributed by atoms with E-state index in [1.807, 2.05) is 24.3 Å². The highest BCUT2D eigenvalue weighted by atomic mass is 19.1. The van der Waals surface area contributed by atoms with E-state index in [0.717, 1.165) is 62.2 Å². The Kier molecular flexibility index (Phi) is 7.46. The van der Waals surface area contributed by atoms with Crippen LogP contribution in [0.15, 0.2) is 48.5 Å². The number of halogens is 2. The van der Waals surface area contributed by atoms with E-state index >= 15 is 0 Å². The van der Waals surface area contributed by atoms with Crippen molar-refractivity contribution in [3.63, 3.8) is 0 Å². The van der Waals surface area contributed by atoms with Gasteiger partial charge in [-0.3, -0.25) is 9.69 Å².